The minimum atomic E-state index is 0.609. The van der Waals surface area contributed by atoms with Crippen molar-refractivity contribution in [2.75, 3.05) is 6.54 Å². The number of benzene rings is 2. The van der Waals surface area contributed by atoms with Crippen LogP contribution < -0.4 is 5.73 Å². The van der Waals surface area contributed by atoms with Gasteiger partial charge in [0.05, 0.1) is 0 Å². The lowest BCUT2D eigenvalue weighted by Crippen LogP contribution is -2.00. The van der Waals surface area contributed by atoms with E-state index in [0.29, 0.717) is 5.82 Å². The van der Waals surface area contributed by atoms with E-state index in [1.165, 1.54) is 5.56 Å². The minimum Gasteiger partial charge on any atom is -0.330 e. The van der Waals surface area contributed by atoms with E-state index in [2.05, 4.69) is 51.0 Å². The number of nitrogens with one attached hydrogen (secondary N) is 1. The maximum Gasteiger partial charge on any atom is 0.205 e. The van der Waals surface area contributed by atoms with Crippen molar-refractivity contribution in [3.63, 3.8) is 0 Å². The molecule has 0 aliphatic rings. The Labute approximate surface area is 123 Å². The molecule has 106 valence electrons. The van der Waals surface area contributed by atoms with E-state index in [0.717, 1.165) is 36.1 Å². The van der Waals surface area contributed by atoms with Crippen molar-refractivity contribution in [3.05, 3.63) is 54.1 Å². The maximum absolute atomic E-state index is 5.55. The molecule has 3 aromatic rings. The Balaban J connectivity index is 1.94. The molecule has 0 saturated heterocycles. The number of aromatic nitrogens is 4. The van der Waals surface area contributed by atoms with Crippen LogP contribution in [0.2, 0.25) is 0 Å². The third-order valence-electron chi connectivity index (χ3n) is 3.45. The molecule has 2 aromatic carbocycles. The second-order valence-electron chi connectivity index (χ2n) is 4.87. The number of nitrogens with two attached hydrogens (primary N) is 1. The first-order valence-corrected chi connectivity index (χ1v) is 7.00. The number of H-pyrrole nitrogens is 1. The summed E-state index contributed by atoms with van der Waals surface area (Å²) in [6.07, 6.45) is 2.03. The quantitative estimate of drug-likeness (QED) is 0.751. The third kappa shape index (κ3) is 2.98. The summed E-state index contributed by atoms with van der Waals surface area (Å²) >= 11 is 0. The van der Waals surface area contributed by atoms with E-state index in [1.54, 1.807) is 0 Å². The van der Waals surface area contributed by atoms with Gasteiger partial charge in [-0.1, -0.05) is 48.5 Å². The summed E-state index contributed by atoms with van der Waals surface area (Å²) in [5.74, 6) is 0.609. The molecule has 0 spiro atoms. The fourth-order valence-electron chi connectivity index (χ4n) is 2.36. The van der Waals surface area contributed by atoms with Gasteiger partial charge in [-0.05, 0) is 41.3 Å². The van der Waals surface area contributed by atoms with Gasteiger partial charge in [0.2, 0.25) is 5.82 Å². The molecule has 1 heterocycles. The topological polar surface area (TPSA) is 80.5 Å². The largest absolute Gasteiger partial charge is 0.330 e. The zero-order valence-electron chi connectivity index (χ0n) is 11.7. The summed E-state index contributed by atoms with van der Waals surface area (Å²) < 4.78 is 0. The zero-order valence-corrected chi connectivity index (χ0v) is 11.7. The molecule has 0 saturated carbocycles. The standard InChI is InChI=1S/C16H17N5/c17-11-3-4-12-7-9-13(10-8-12)14-5-1-2-6-15(14)16-18-20-21-19-16/h1-2,5-10H,3-4,11,17H2,(H,18,19,20,21). The highest BCUT2D eigenvalue weighted by atomic mass is 15.5. The molecule has 5 nitrogen and oxygen atoms in total. The highest BCUT2D eigenvalue weighted by molar-refractivity contribution is 5.80. The smallest absolute Gasteiger partial charge is 0.205 e. The number of hydrogen-bond acceptors (Lipinski definition) is 4. The van der Waals surface area contributed by atoms with Crippen LogP contribution in [0, 0.1) is 0 Å². The van der Waals surface area contributed by atoms with Gasteiger partial charge in [0.15, 0.2) is 0 Å². The Hall–Kier alpha value is -2.53. The van der Waals surface area contributed by atoms with Gasteiger partial charge in [-0.15, -0.1) is 10.2 Å². The Morgan fingerprint density at radius 1 is 0.952 bits per heavy atom. The molecule has 21 heavy (non-hydrogen) atoms. The first kappa shape index (κ1) is 13.5. The van der Waals surface area contributed by atoms with Gasteiger partial charge in [0.25, 0.3) is 0 Å². The molecule has 0 amide bonds. The Kier molecular flexibility index (Phi) is 4.02. The van der Waals surface area contributed by atoms with Crippen molar-refractivity contribution < 1.29 is 0 Å². The molecular weight excluding hydrogens is 262 g/mol. The van der Waals surface area contributed by atoms with E-state index >= 15 is 0 Å². The van der Waals surface area contributed by atoms with Crippen LogP contribution >= 0.6 is 0 Å². The Bertz CT molecular complexity index is 689. The molecule has 0 bridgehead atoms. The molecular formula is C16H17N5. The van der Waals surface area contributed by atoms with Crippen LogP contribution in [0.25, 0.3) is 22.5 Å². The van der Waals surface area contributed by atoms with Gasteiger partial charge in [0, 0.05) is 5.56 Å². The SMILES string of the molecule is NCCCc1ccc(-c2ccccc2-c2nn[nH]n2)cc1. The average Bonchev–Trinajstić information content (AvgIpc) is 3.08. The maximum atomic E-state index is 5.55. The van der Waals surface area contributed by atoms with Crippen molar-refractivity contribution in [2.45, 2.75) is 12.8 Å². The van der Waals surface area contributed by atoms with Crippen LogP contribution in [0.1, 0.15) is 12.0 Å². The van der Waals surface area contributed by atoms with Gasteiger partial charge in [-0.25, -0.2) is 0 Å². The van der Waals surface area contributed by atoms with Crippen LogP contribution in [0.5, 0.6) is 0 Å². The lowest BCUT2D eigenvalue weighted by molar-refractivity contribution is 0.833. The first-order chi connectivity index (χ1) is 10.4. The third-order valence-corrected chi connectivity index (χ3v) is 3.45. The predicted molar refractivity (Wildman–Crippen MR) is 82.4 cm³/mol. The van der Waals surface area contributed by atoms with Crippen molar-refractivity contribution in [1.82, 2.24) is 20.6 Å². The summed E-state index contributed by atoms with van der Waals surface area (Å²) in [6, 6.07) is 16.6. The predicted octanol–water partition coefficient (Wildman–Crippen LogP) is 2.42. The average molecular weight is 279 g/mol. The molecule has 3 N–H and O–H groups in total. The monoisotopic (exact) mass is 279 g/mol. The van der Waals surface area contributed by atoms with E-state index in [-0.39, 0.29) is 0 Å². The fourth-order valence-corrected chi connectivity index (χ4v) is 2.36. The second-order valence-corrected chi connectivity index (χ2v) is 4.87. The van der Waals surface area contributed by atoms with Crippen molar-refractivity contribution >= 4 is 0 Å². The Morgan fingerprint density at radius 3 is 2.38 bits per heavy atom. The number of rotatable bonds is 5. The molecule has 5 heteroatoms. The molecule has 0 fully saturated rings. The van der Waals surface area contributed by atoms with Gasteiger partial charge in [-0.3, -0.25) is 0 Å². The molecule has 0 unspecified atom stereocenters. The zero-order chi connectivity index (χ0) is 14.5. The molecule has 0 aliphatic carbocycles. The summed E-state index contributed by atoms with van der Waals surface area (Å²) in [6.45, 7) is 0.725. The van der Waals surface area contributed by atoms with Crippen molar-refractivity contribution in [1.29, 1.82) is 0 Å². The van der Waals surface area contributed by atoms with Crippen LogP contribution in [-0.2, 0) is 6.42 Å². The van der Waals surface area contributed by atoms with Gasteiger partial charge >= 0.3 is 0 Å². The number of aromatic amines is 1. The summed E-state index contributed by atoms with van der Waals surface area (Å²) in [7, 11) is 0. The first-order valence-electron chi connectivity index (χ1n) is 7.00. The molecule has 3 rings (SSSR count). The van der Waals surface area contributed by atoms with Crippen LogP contribution in [0.4, 0.5) is 0 Å². The van der Waals surface area contributed by atoms with Crippen LogP contribution in [-0.4, -0.2) is 27.2 Å². The van der Waals surface area contributed by atoms with Gasteiger partial charge in [-0.2, -0.15) is 5.21 Å². The van der Waals surface area contributed by atoms with Crippen molar-refractivity contribution in [3.8, 4) is 22.5 Å². The number of tetrazole rings is 1. The van der Waals surface area contributed by atoms with Gasteiger partial charge in [0.1, 0.15) is 0 Å². The normalized spacial score (nSPS) is 10.7. The van der Waals surface area contributed by atoms with Crippen LogP contribution in [0.15, 0.2) is 48.5 Å². The van der Waals surface area contributed by atoms with E-state index in [1.807, 2.05) is 18.2 Å². The summed E-state index contributed by atoms with van der Waals surface area (Å²) in [5.41, 5.74) is 10.1. The Morgan fingerprint density at radius 2 is 1.71 bits per heavy atom. The molecule has 0 radical (unpaired) electrons. The van der Waals surface area contributed by atoms with Gasteiger partial charge < -0.3 is 5.73 Å². The number of nitrogens with zero attached hydrogens (tertiary/aromatic N) is 3. The summed E-state index contributed by atoms with van der Waals surface area (Å²) in [5, 5.41) is 14.3. The van der Waals surface area contributed by atoms with Crippen molar-refractivity contribution in [2.24, 2.45) is 5.73 Å². The van der Waals surface area contributed by atoms with Crippen LogP contribution in [0.3, 0.4) is 0 Å². The molecule has 1 aromatic heterocycles. The highest BCUT2D eigenvalue weighted by Crippen LogP contribution is 2.29. The lowest BCUT2D eigenvalue weighted by Gasteiger charge is -2.08. The summed E-state index contributed by atoms with van der Waals surface area (Å²) in [4.78, 5) is 0. The highest BCUT2D eigenvalue weighted by Gasteiger charge is 2.10. The molecule has 0 aliphatic heterocycles. The number of hydrogen-bond donors (Lipinski definition) is 2. The second kappa shape index (κ2) is 6.28. The lowest BCUT2D eigenvalue weighted by atomic mass is 9.97. The number of aryl methyl sites for hydroxylation is 1. The fraction of sp³-hybridized carbons (Fsp3) is 0.188. The van der Waals surface area contributed by atoms with E-state index in [4.69, 9.17) is 5.73 Å². The molecule has 0 atom stereocenters. The minimum absolute atomic E-state index is 0.609. The van der Waals surface area contributed by atoms with E-state index in [9.17, 15) is 0 Å². The van der Waals surface area contributed by atoms with E-state index < -0.39 is 0 Å².